The lowest BCUT2D eigenvalue weighted by molar-refractivity contribution is 0.0709. The second kappa shape index (κ2) is 7.35. The van der Waals surface area contributed by atoms with Gasteiger partial charge in [0.1, 0.15) is 12.0 Å². The summed E-state index contributed by atoms with van der Waals surface area (Å²) in [6.45, 7) is 2.42. The minimum Gasteiger partial charge on any atom is -0.462 e. The predicted molar refractivity (Wildman–Crippen MR) is 79.2 cm³/mol. The Morgan fingerprint density at radius 2 is 2.19 bits per heavy atom. The lowest BCUT2D eigenvalue weighted by Crippen LogP contribution is -2.34. The number of hydrogen-bond donors (Lipinski definition) is 2. The summed E-state index contributed by atoms with van der Waals surface area (Å²) in [5.74, 6) is 0.327. The Labute approximate surface area is 126 Å². The molecule has 21 heavy (non-hydrogen) atoms. The molecule has 0 saturated heterocycles. The highest BCUT2D eigenvalue weighted by Gasteiger charge is 2.18. The number of hydrogen-bond acceptors (Lipinski definition) is 6. The molecule has 1 amide bonds. The van der Waals surface area contributed by atoms with Crippen molar-refractivity contribution in [2.45, 2.75) is 13.3 Å². The van der Waals surface area contributed by atoms with E-state index in [1.807, 2.05) is 12.3 Å². The zero-order valence-electron chi connectivity index (χ0n) is 11.8. The SMILES string of the molecule is Cc1nc(-c2cc(C(=O)N(CCO)CCCO)co2)cs1. The van der Waals surface area contributed by atoms with E-state index in [4.69, 9.17) is 14.6 Å². The van der Waals surface area contributed by atoms with Crippen LogP contribution in [0.3, 0.4) is 0 Å². The monoisotopic (exact) mass is 310 g/mol. The van der Waals surface area contributed by atoms with Crippen LogP contribution in [0.15, 0.2) is 22.1 Å². The summed E-state index contributed by atoms with van der Waals surface area (Å²) in [6.07, 6.45) is 1.87. The molecule has 114 valence electrons. The van der Waals surface area contributed by atoms with Crippen molar-refractivity contribution in [2.24, 2.45) is 0 Å². The molecule has 0 aliphatic heterocycles. The van der Waals surface area contributed by atoms with E-state index in [-0.39, 0.29) is 25.7 Å². The van der Waals surface area contributed by atoms with Gasteiger partial charge in [-0.2, -0.15) is 0 Å². The van der Waals surface area contributed by atoms with Crippen LogP contribution >= 0.6 is 11.3 Å². The van der Waals surface area contributed by atoms with E-state index >= 15 is 0 Å². The fourth-order valence-corrected chi connectivity index (χ4v) is 2.54. The molecule has 6 nitrogen and oxygen atoms in total. The standard InChI is InChI=1S/C14H18N2O4S/c1-10-15-12(9-21-10)13-7-11(8-20-13)14(19)16(4-6-18)3-2-5-17/h7-9,17-18H,2-6H2,1H3. The maximum Gasteiger partial charge on any atom is 0.257 e. The number of carbonyl (C=O) groups is 1. The van der Waals surface area contributed by atoms with Crippen LogP contribution < -0.4 is 0 Å². The largest absolute Gasteiger partial charge is 0.462 e. The molecule has 0 saturated carbocycles. The highest BCUT2D eigenvalue weighted by molar-refractivity contribution is 7.09. The molecule has 0 fully saturated rings. The minimum absolute atomic E-state index is 0.00391. The maximum absolute atomic E-state index is 12.3. The number of carbonyl (C=O) groups excluding carboxylic acids is 1. The van der Waals surface area contributed by atoms with Gasteiger partial charge >= 0.3 is 0 Å². The predicted octanol–water partition coefficient (Wildman–Crippen LogP) is 1.53. The summed E-state index contributed by atoms with van der Waals surface area (Å²) >= 11 is 1.52. The molecular weight excluding hydrogens is 292 g/mol. The average Bonchev–Trinajstić information content (AvgIpc) is 3.11. The smallest absolute Gasteiger partial charge is 0.257 e. The summed E-state index contributed by atoms with van der Waals surface area (Å²) in [6, 6.07) is 1.65. The van der Waals surface area contributed by atoms with Gasteiger partial charge in [-0.1, -0.05) is 0 Å². The molecule has 0 atom stereocenters. The number of aliphatic hydroxyl groups excluding tert-OH is 2. The number of aromatic nitrogens is 1. The molecule has 2 rings (SSSR count). The van der Waals surface area contributed by atoms with Crippen LogP contribution in [0.5, 0.6) is 0 Å². The molecular formula is C14H18N2O4S. The van der Waals surface area contributed by atoms with Gasteiger partial charge in [-0.3, -0.25) is 4.79 Å². The van der Waals surface area contributed by atoms with Crippen molar-refractivity contribution < 1.29 is 19.4 Å². The van der Waals surface area contributed by atoms with Gasteiger partial charge in [-0.15, -0.1) is 11.3 Å². The normalized spacial score (nSPS) is 10.8. The van der Waals surface area contributed by atoms with Crippen LogP contribution in [0.4, 0.5) is 0 Å². The quantitative estimate of drug-likeness (QED) is 0.810. The van der Waals surface area contributed by atoms with Gasteiger partial charge in [0.2, 0.25) is 0 Å². The number of thiazole rings is 1. The third-order valence-electron chi connectivity index (χ3n) is 2.96. The Hall–Kier alpha value is -1.70. The number of aliphatic hydroxyl groups is 2. The average molecular weight is 310 g/mol. The second-order valence-corrected chi connectivity index (χ2v) is 5.61. The molecule has 0 aliphatic rings. The number of furan rings is 1. The molecule has 2 aromatic rings. The van der Waals surface area contributed by atoms with E-state index in [0.29, 0.717) is 30.0 Å². The molecule has 0 aromatic carbocycles. The number of amides is 1. The van der Waals surface area contributed by atoms with Gasteiger partial charge in [0.05, 0.1) is 17.2 Å². The van der Waals surface area contributed by atoms with Gasteiger partial charge in [0.15, 0.2) is 5.76 Å². The summed E-state index contributed by atoms with van der Waals surface area (Å²) in [7, 11) is 0. The van der Waals surface area contributed by atoms with Crippen LogP contribution in [-0.4, -0.2) is 52.3 Å². The van der Waals surface area contributed by atoms with Gasteiger partial charge in [0, 0.05) is 25.1 Å². The van der Waals surface area contributed by atoms with E-state index in [1.54, 1.807) is 6.07 Å². The number of aryl methyl sites for hydroxylation is 1. The van der Waals surface area contributed by atoms with E-state index in [0.717, 1.165) is 5.01 Å². The summed E-state index contributed by atoms with van der Waals surface area (Å²) in [4.78, 5) is 18.2. The maximum atomic E-state index is 12.3. The van der Waals surface area contributed by atoms with Gasteiger partial charge in [0.25, 0.3) is 5.91 Å². The Bertz CT molecular complexity index is 593. The van der Waals surface area contributed by atoms with Crippen molar-refractivity contribution in [3.8, 4) is 11.5 Å². The molecule has 2 aromatic heterocycles. The summed E-state index contributed by atoms with van der Waals surface area (Å²) in [5.41, 5.74) is 1.13. The van der Waals surface area contributed by atoms with Crippen molar-refractivity contribution in [3.63, 3.8) is 0 Å². The molecule has 0 aliphatic carbocycles. The van der Waals surface area contributed by atoms with E-state index in [9.17, 15) is 4.79 Å². The van der Waals surface area contributed by atoms with Gasteiger partial charge in [-0.25, -0.2) is 4.98 Å². The van der Waals surface area contributed by atoms with Crippen molar-refractivity contribution >= 4 is 17.2 Å². The molecule has 0 unspecified atom stereocenters. The Morgan fingerprint density at radius 1 is 1.38 bits per heavy atom. The first kappa shape index (κ1) is 15.7. The first-order chi connectivity index (χ1) is 10.2. The van der Waals surface area contributed by atoms with Crippen LogP contribution in [-0.2, 0) is 0 Å². The zero-order chi connectivity index (χ0) is 15.2. The first-order valence-corrected chi connectivity index (χ1v) is 7.55. The fourth-order valence-electron chi connectivity index (χ4n) is 1.94. The van der Waals surface area contributed by atoms with Gasteiger partial charge < -0.3 is 19.5 Å². The topological polar surface area (TPSA) is 86.8 Å². The lowest BCUT2D eigenvalue weighted by Gasteiger charge is -2.20. The van der Waals surface area contributed by atoms with E-state index in [2.05, 4.69) is 4.98 Å². The van der Waals surface area contributed by atoms with Crippen LogP contribution in [0.1, 0.15) is 21.8 Å². The lowest BCUT2D eigenvalue weighted by atomic mass is 10.2. The van der Waals surface area contributed by atoms with Crippen LogP contribution in [0.25, 0.3) is 11.5 Å². The molecule has 2 heterocycles. The highest BCUT2D eigenvalue weighted by Crippen LogP contribution is 2.24. The van der Waals surface area contributed by atoms with Crippen molar-refractivity contribution in [1.29, 1.82) is 0 Å². The summed E-state index contributed by atoms with van der Waals surface area (Å²) < 4.78 is 5.40. The zero-order valence-corrected chi connectivity index (χ0v) is 12.6. The second-order valence-electron chi connectivity index (χ2n) is 4.54. The third-order valence-corrected chi connectivity index (χ3v) is 3.73. The van der Waals surface area contributed by atoms with Crippen molar-refractivity contribution in [2.75, 3.05) is 26.3 Å². The molecule has 0 radical (unpaired) electrons. The minimum atomic E-state index is -0.223. The number of rotatable bonds is 7. The molecule has 0 spiro atoms. The van der Waals surface area contributed by atoms with Crippen LogP contribution in [0, 0.1) is 6.92 Å². The van der Waals surface area contributed by atoms with Crippen LogP contribution in [0.2, 0.25) is 0 Å². The van der Waals surface area contributed by atoms with Crippen molar-refractivity contribution in [1.82, 2.24) is 9.88 Å². The fraction of sp³-hybridized carbons (Fsp3) is 0.429. The molecule has 7 heteroatoms. The molecule has 2 N–H and O–H groups in total. The molecule has 0 bridgehead atoms. The first-order valence-electron chi connectivity index (χ1n) is 6.67. The van der Waals surface area contributed by atoms with Gasteiger partial charge in [-0.05, 0) is 19.4 Å². The Kier molecular flexibility index (Phi) is 5.49. The van der Waals surface area contributed by atoms with E-state index < -0.39 is 0 Å². The van der Waals surface area contributed by atoms with Crippen molar-refractivity contribution in [3.05, 3.63) is 28.3 Å². The highest BCUT2D eigenvalue weighted by atomic mass is 32.1. The summed E-state index contributed by atoms with van der Waals surface area (Å²) in [5, 5.41) is 20.7. The van der Waals surface area contributed by atoms with E-state index in [1.165, 1.54) is 22.5 Å². The Balaban J connectivity index is 2.13. The third kappa shape index (κ3) is 3.90. The Morgan fingerprint density at radius 3 is 2.81 bits per heavy atom. The number of nitrogens with zero attached hydrogens (tertiary/aromatic N) is 2.